The van der Waals surface area contributed by atoms with Gasteiger partial charge in [-0.1, -0.05) is 18.2 Å². The summed E-state index contributed by atoms with van der Waals surface area (Å²) in [4.78, 5) is 2.25. The molecule has 0 spiro atoms. The van der Waals surface area contributed by atoms with Gasteiger partial charge in [0, 0.05) is 25.6 Å². The number of aliphatic hydroxyl groups is 2. The van der Waals surface area contributed by atoms with E-state index in [1.807, 2.05) is 12.1 Å². The summed E-state index contributed by atoms with van der Waals surface area (Å²) in [5, 5.41) is 21.6. The SMILES string of the molecule is COc1ccc2cc(CN3CC[C@H](CO)[C@@H](O)C3)ccc2c1. The van der Waals surface area contributed by atoms with Gasteiger partial charge < -0.3 is 14.9 Å². The molecule has 1 aliphatic rings. The van der Waals surface area contributed by atoms with E-state index < -0.39 is 6.10 Å². The van der Waals surface area contributed by atoms with Crippen molar-refractivity contribution in [1.29, 1.82) is 0 Å². The molecule has 3 rings (SSSR count). The van der Waals surface area contributed by atoms with Crippen LogP contribution in [0.15, 0.2) is 36.4 Å². The summed E-state index contributed by atoms with van der Waals surface area (Å²) in [5.41, 5.74) is 1.24. The zero-order valence-corrected chi connectivity index (χ0v) is 12.9. The van der Waals surface area contributed by atoms with Crippen LogP contribution in [0.1, 0.15) is 12.0 Å². The normalized spacial score (nSPS) is 22.9. The molecule has 1 aliphatic heterocycles. The van der Waals surface area contributed by atoms with Crippen LogP contribution in [0.25, 0.3) is 10.8 Å². The highest BCUT2D eigenvalue weighted by molar-refractivity contribution is 5.84. The Balaban J connectivity index is 1.72. The molecule has 1 fully saturated rings. The standard InChI is InChI=1S/C18H23NO3/c1-22-17-5-4-14-8-13(2-3-15(14)9-17)10-19-7-6-16(12-20)18(21)11-19/h2-5,8-9,16,18,20-21H,6-7,10-12H2,1H3/t16-,18+/m1/s1. The molecule has 0 aromatic heterocycles. The minimum absolute atomic E-state index is 0.0281. The Morgan fingerprint density at radius 2 is 1.95 bits per heavy atom. The van der Waals surface area contributed by atoms with Crippen molar-refractivity contribution in [3.63, 3.8) is 0 Å². The Morgan fingerprint density at radius 1 is 1.18 bits per heavy atom. The maximum Gasteiger partial charge on any atom is 0.119 e. The summed E-state index contributed by atoms with van der Waals surface area (Å²) in [6.45, 7) is 2.46. The summed E-state index contributed by atoms with van der Waals surface area (Å²) in [6.07, 6.45) is 0.422. The van der Waals surface area contributed by atoms with E-state index >= 15 is 0 Å². The van der Waals surface area contributed by atoms with Gasteiger partial charge in [-0.3, -0.25) is 4.90 Å². The van der Waals surface area contributed by atoms with E-state index in [0.29, 0.717) is 6.54 Å². The first kappa shape index (κ1) is 15.3. The van der Waals surface area contributed by atoms with Crippen molar-refractivity contribution in [3.8, 4) is 5.75 Å². The number of rotatable bonds is 4. The number of piperidine rings is 1. The second-order valence-corrected chi connectivity index (χ2v) is 6.08. The van der Waals surface area contributed by atoms with Gasteiger partial charge in [-0.2, -0.15) is 0 Å². The summed E-state index contributed by atoms with van der Waals surface area (Å²) in [5.74, 6) is 0.898. The Morgan fingerprint density at radius 3 is 2.68 bits per heavy atom. The van der Waals surface area contributed by atoms with Crippen molar-refractivity contribution in [2.45, 2.75) is 19.1 Å². The van der Waals surface area contributed by atoms with E-state index in [2.05, 4.69) is 29.2 Å². The van der Waals surface area contributed by atoms with E-state index in [-0.39, 0.29) is 12.5 Å². The van der Waals surface area contributed by atoms with Crippen LogP contribution in [0.3, 0.4) is 0 Å². The molecule has 22 heavy (non-hydrogen) atoms. The number of β-amino-alcohol motifs (C(OH)–C–C–N with tert-alkyl or cyclic N) is 1. The minimum Gasteiger partial charge on any atom is -0.497 e. The first-order valence-electron chi connectivity index (χ1n) is 7.77. The molecule has 0 radical (unpaired) electrons. The van der Waals surface area contributed by atoms with E-state index in [9.17, 15) is 10.2 Å². The molecular formula is C18H23NO3. The zero-order chi connectivity index (χ0) is 15.5. The second kappa shape index (κ2) is 6.65. The maximum absolute atomic E-state index is 10.0. The van der Waals surface area contributed by atoms with Crippen molar-refractivity contribution in [2.24, 2.45) is 5.92 Å². The molecular weight excluding hydrogens is 278 g/mol. The highest BCUT2D eigenvalue weighted by Crippen LogP contribution is 2.24. The van der Waals surface area contributed by atoms with Crippen LogP contribution in [-0.2, 0) is 6.54 Å². The number of fused-ring (bicyclic) bond motifs is 1. The molecule has 0 amide bonds. The van der Waals surface area contributed by atoms with Gasteiger partial charge in [0.25, 0.3) is 0 Å². The molecule has 2 aromatic rings. The molecule has 1 saturated heterocycles. The number of benzene rings is 2. The summed E-state index contributed by atoms with van der Waals surface area (Å²) in [6, 6.07) is 12.5. The minimum atomic E-state index is -0.427. The average molecular weight is 301 g/mol. The quantitative estimate of drug-likeness (QED) is 0.907. The molecule has 2 aromatic carbocycles. The van der Waals surface area contributed by atoms with Gasteiger partial charge in [0.1, 0.15) is 5.75 Å². The first-order chi connectivity index (χ1) is 10.7. The van der Waals surface area contributed by atoms with Crippen LogP contribution >= 0.6 is 0 Å². The second-order valence-electron chi connectivity index (χ2n) is 6.08. The number of hydrogen-bond donors (Lipinski definition) is 2. The maximum atomic E-state index is 10.0. The Hall–Kier alpha value is -1.62. The van der Waals surface area contributed by atoms with Crippen LogP contribution in [0.5, 0.6) is 5.75 Å². The first-order valence-corrected chi connectivity index (χ1v) is 7.77. The Kier molecular flexibility index (Phi) is 4.62. The van der Waals surface area contributed by atoms with Gasteiger partial charge in [-0.25, -0.2) is 0 Å². The third kappa shape index (κ3) is 3.24. The fourth-order valence-corrected chi connectivity index (χ4v) is 3.16. The molecule has 2 N–H and O–H groups in total. The van der Waals surface area contributed by atoms with Crippen LogP contribution in [0.2, 0.25) is 0 Å². The van der Waals surface area contributed by atoms with Crippen LogP contribution in [0, 0.1) is 5.92 Å². The van der Waals surface area contributed by atoms with Crippen molar-refractivity contribution < 1.29 is 14.9 Å². The molecule has 4 nitrogen and oxygen atoms in total. The Bertz CT molecular complexity index is 643. The fraction of sp³-hybridized carbons (Fsp3) is 0.444. The molecule has 0 saturated carbocycles. The van der Waals surface area contributed by atoms with Crippen molar-refractivity contribution in [3.05, 3.63) is 42.0 Å². The van der Waals surface area contributed by atoms with Gasteiger partial charge >= 0.3 is 0 Å². The third-order valence-electron chi connectivity index (χ3n) is 4.56. The van der Waals surface area contributed by atoms with Gasteiger partial charge in [0.2, 0.25) is 0 Å². The zero-order valence-electron chi connectivity index (χ0n) is 12.9. The van der Waals surface area contributed by atoms with Gasteiger partial charge in [0.15, 0.2) is 0 Å². The van der Waals surface area contributed by atoms with E-state index in [0.717, 1.165) is 25.3 Å². The number of nitrogens with zero attached hydrogens (tertiary/aromatic N) is 1. The van der Waals surface area contributed by atoms with Crippen LogP contribution in [0.4, 0.5) is 0 Å². The lowest BCUT2D eigenvalue weighted by Crippen LogP contribution is -2.44. The van der Waals surface area contributed by atoms with Crippen molar-refractivity contribution in [1.82, 2.24) is 4.90 Å². The highest BCUT2D eigenvalue weighted by atomic mass is 16.5. The largest absolute Gasteiger partial charge is 0.497 e. The molecule has 4 heteroatoms. The lowest BCUT2D eigenvalue weighted by molar-refractivity contribution is -0.00442. The van der Waals surface area contributed by atoms with Gasteiger partial charge in [-0.15, -0.1) is 0 Å². The van der Waals surface area contributed by atoms with E-state index in [1.165, 1.54) is 16.3 Å². The van der Waals surface area contributed by atoms with Crippen LogP contribution in [-0.4, -0.2) is 48.0 Å². The van der Waals surface area contributed by atoms with Gasteiger partial charge in [-0.05, 0) is 47.5 Å². The number of likely N-dealkylation sites (tertiary alicyclic amines) is 1. The average Bonchev–Trinajstić information content (AvgIpc) is 2.54. The molecule has 2 atom stereocenters. The molecule has 118 valence electrons. The lowest BCUT2D eigenvalue weighted by Gasteiger charge is -2.35. The molecule has 0 bridgehead atoms. The fourth-order valence-electron chi connectivity index (χ4n) is 3.16. The number of methoxy groups -OCH3 is 1. The van der Waals surface area contributed by atoms with Crippen molar-refractivity contribution >= 4 is 10.8 Å². The lowest BCUT2D eigenvalue weighted by atomic mass is 9.94. The predicted octanol–water partition coefficient (Wildman–Crippen LogP) is 2.02. The molecule has 0 unspecified atom stereocenters. The third-order valence-corrected chi connectivity index (χ3v) is 4.56. The summed E-state index contributed by atoms with van der Waals surface area (Å²) in [7, 11) is 1.68. The van der Waals surface area contributed by atoms with Gasteiger partial charge in [0.05, 0.1) is 13.2 Å². The number of hydrogen-bond acceptors (Lipinski definition) is 4. The smallest absolute Gasteiger partial charge is 0.119 e. The van der Waals surface area contributed by atoms with Crippen LogP contribution < -0.4 is 4.74 Å². The molecule has 0 aliphatic carbocycles. The topological polar surface area (TPSA) is 52.9 Å². The predicted molar refractivity (Wildman–Crippen MR) is 87.0 cm³/mol. The van der Waals surface area contributed by atoms with Crippen molar-refractivity contribution in [2.75, 3.05) is 26.8 Å². The van der Waals surface area contributed by atoms with E-state index in [1.54, 1.807) is 7.11 Å². The monoisotopic (exact) mass is 301 g/mol. The number of ether oxygens (including phenoxy) is 1. The summed E-state index contributed by atoms with van der Waals surface area (Å²) >= 11 is 0. The molecule has 1 heterocycles. The highest BCUT2D eigenvalue weighted by Gasteiger charge is 2.26. The number of aliphatic hydroxyl groups excluding tert-OH is 2. The Labute approximate surface area is 130 Å². The van der Waals surface area contributed by atoms with E-state index in [4.69, 9.17) is 4.74 Å². The summed E-state index contributed by atoms with van der Waals surface area (Å²) < 4.78 is 5.25.